The van der Waals surface area contributed by atoms with E-state index in [0.29, 0.717) is 22.0 Å². The van der Waals surface area contributed by atoms with Crippen LogP contribution >= 0.6 is 23.2 Å². The summed E-state index contributed by atoms with van der Waals surface area (Å²) >= 11 is 12.0. The molecule has 7 heteroatoms. The molecule has 5 nitrogen and oxygen atoms in total. The summed E-state index contributed by atoms with van der Waals surface area (Å²) < 4.78 is 0. The molecule has 1 aliphatic heterocycles. The fraction of sp³-hybridized carbons (Fsp3) is 0.304. The van der Waals surface area contributed by atoms with Crippen LogP contribution in [-0.4, -0.2) is 40.8 Å². The number of halogens is 2. The second kappa shape index (κ2) is 9.11. The van der Waals surface area contributed by atoms with Crippen molar-refractivity contribution in [3.05, 3.63) is 69.8 Å². The summed E-state index contributed by atoms with van der Waals surface area (Å²) in [5, 5.41) is 4.68. The fourth-order valence-electron chi connectivity index (χ4n) is 3.93. The van der Waals surface area contributed by atoms with Gasteiger partial charge in [0, 0.05) is 42.2 Å². The largest absolute Gasteiger partial charge is 0.361 e. The molecule has 1 unspecified atom stereocenters. The van der Waals surface area contributed by atoms with E-state index >= 15 is 0 Å². The number of hydrogen-bond donors (Lipinski definition) is 2. The third kappa shape index (κ3) is 4.47. The van der Waals surface area contributed by atoms with Gasteiger partial charge in [0.15, 0.2) is 0 Å². The van der Waals surface area contributed by atoms with Crippen LogP contribution in [0.5, 0.6) is 0 Å². The van der Waals surface area contributed by atoms with Gasteiger partial charge in [-0.3, -0.25) is 9.59 Å². The van der Waals surface area contributed by atoms with Crippen molar-refractivity contribution in [3.63, 3.8) is 0 Å². The molecule has 1 saturated heterocycles. The van der Waals surface area contributed by atoms with E-state index in [1.54, 1.807) is 12.1 Å². The molecule has 0 saturated carbocycles. The number of piperidine rings is 1. The molecule has 2 aromatic carbocycles. The molecule has 1 fully saturated rings. The first-order chi connectivity index (χ1) is 14.5. The summed E-state index contributed by atoms with van der Waals surface area (Å²) in [6.07, 6.45) is 5.43. The molecule has 156 valence electrons. The number of aromatic nitrogens is 1. The van der Waals surface area contributed by atoms with Crippen LogP contribution in [0.25, 0.3) is 10.9 Å². The van der Waals surface area contributed by atoms with Crippen LogP contribution < -0.4 is 5.32 Å². The first kappa shape index (κ1) is 20.8. The topological polar surface area (TPSA) is 65.2 Å². The Morgan fingerprint density at radius 2 is 1.80 bits per heavy atom. The van der Waals surface area contributed by atoms with Gasteiger partial charge in [-0.15, -0.1) is 0 Å². The van der Waals surface area contributed by atoms with Crippen molar-refractivity contribution in [2.24, 2.45) is 0 Å². The van der Waals surface area contributed by atoms with Crippen LogP contribution in [0.4, 0.5) is 0 Å². The highest BCUT2D eigenvalue weighted by Gasteiger charge is 2.28. The average Bonchev–Trinajstić information content (AvgIpc) is 3.18. The number of para-hydroxylation sites is 1. The minimum Gasteiger partial charge on any atom is -0.361 e. The molecule has 2 heterocycles. The third-order valence-electron chi connectivity index (χ3n) is 5.55. The number of rotatable bonds is 5. The monoisotopic (exact) mass is 443 g/mol. The molecule has 0 spiro atoms. The quantitative estimate of drug-likeness (QED) is 0.592. The molecule has 1 atom stereocenters. The highest BCUT2D eigenvalue weighted by atomic mass is 35.5. The summed E-state index contributed by atoms with van der Waals surface area (Å²) in [4.78, 5) is 31.3. The molecule has 2 N–H and O–H groups in total. The van der Waals surface area contributed by atoms with E-state index < -0.39 is 6.04 Å². The van der Waals surface area contributed by atoms with Crippen molar-refractivity contribution < 1.29 is 9.59 Å². The van der Waals surface area contributed by atoms with Crippen molar-refractivity contribution in [1.82, 2.24) is 15.2 Å². The number of nitrogens with zero attached hydrogens (tertiary/aromatic N) is 1. The van der Waals surface area contributed by atoms with Crippen LogP contribution in [0.3, 0.4) is 0 Å². The Balaban J connectivity index is 1.60. The van der Waals surface area contributed by atoms with Crippen LogP contribution in [-0.2, 0) is 11.2 Å². The number of carbonyl (C=O) groups is 2. The normalized spacial score (nSPS) is 15.2. The number of benzene rings is 2. The summed E-state index contributed by atoms with van der Waals surface area (Å²) in [7, 11) is 0. The Bertz CT molecular complexity index is 1070. The van der Waals surface area contributed by atoms with Gasteiger partial charge in [0.25, 0.3) is 5.91 Å². The number of aromatic amines is 1. The van der Waals surface area contributed by atoms with Crippen LogP contribution in [0.15, 0.2) is 48.7 Å². The first-order valence-electron chi connectivity index (χ1n) is 10.1. The predicted octanol–water partition coefficient (Wildman–Crippen LogP) is 4.83. The predicted molar refractivity (Wildman–Crippen MR) is 120 cm³/mol. The highest BCUT2D eigenvalue weighted by Crippen LogP contribution is 2.23. The van der Waals surface area contributed by atoms with E-state index in [1.165, 1.54) is 6.07 Å². The lowest BCUT2D eigenvalue weighted by atomic mass is 10.0. The van der Waals surface area contributed by atoms with E-state index in [9.17, 15) is 9.59 Å². The Labute approximate surface area is 185 Å². The Morgan fingerprint density at radius 3 is 2.57 bits per heavy atom. The third-order valence-corrected chi connectivity index (χ3v) is 6.29. The van der Waals surface area contributed by atoms with E-state index in [-0.39, 0.29) is 11.8 Å². The van der Waals surface area contributed by atoms with Gasteiger partial charge in [-0.25, -0.2) is 0 Å². The van der Waals surface area contributed by atoms with Gasteiger partial charge in [-0.2, -0.15) is 0 Å². The van der Waals surface area contributed by atoms with Gasteiger partial charge in [0.1, 0.15) is 6.04 Å². The van der Waals surface area contributed by atoms with E-state index in [4.69, 9.17) is 23.2 Å². The van der Waals surface area contributed by atoms with Gasteiger partial charge in [0.2, 0.25) is 5.91 Å². The smallest absolute Gasteiger partial charge is 0.251 e. The molecule has 1 aromatic heterocycles. The fourth-order valence-corrected chi connectivity index (χ4v) is 4.23. The first-order valence-corrected chi connectivity index (χ1v) is 10.9. The Morgan fingerprint density at radius 1 is 1.03 bits per heavy atom. The number of nitrogens with one attached hydrogen (secondary N) is 2. The molecule has 0 bridgehead atoms. The van der Waals surface area contributed by atoms with Crippen molar-refractivity contribution in [2.45, 2.75) is 31.7 Å². The van der Waals surface area contributed by atoms with E-state index in [1.807, 2.05) is 35.4 Å². The number of hydrogen-bond acceptors (Lipinski definition) is 2. The SMILES string of the molecule is O=C(NC(Cc1c[nH]c2ccccc12)C(=O)N1CCCCC1)c1ccc(Cl)c(Cl)c1. The van der Waals surface area contributed by atoms with Crippen molar-refractivity contribution in [3.8, 4) is 0 Å². The molecular formula is C23H23Cl2N3O2. The summed E-state index contributed by atoms with van der Waals surface area (Å²) in [5.41, 5.74) is 2.38. The maximum absolute atomic E-state index is 13.3. The van der Waals surface area contributed by atoms with E-state index in [2.05, 4.69) is 10.3 Å². The van der Waals surface area contributed by atoms with Crippen molar-refractivity contribution >= 4 is 45.9 Å². The molecule has 4 rings (SSSR count). The van der Waals surface area contributed by atoms with Gasteiger partial charge < -0.3 is 15.2 Å². The van der Waals surface area contributed by atoms with Gasteiger partial charge in [-0.1, -0.05) is 41.4 Å². The summed E-state index contributed by atoms with van der Waals surface area (Å²) in [6.45, 7) is 1.46. The minimum atomic E-state index is -0.663. The van der Waals surface area contributed by atoms with Crippen LogP contribution in [0.1, 0.15) is 35.2 Å². The van der Waals surface area contributed by atoms with Crippen LogP contribution in [0, 0.1) is 0 Å². The number of carbonyl (C=O) groups excluding carboxylic acids is 2. The Kier molecular flexibility index (Phi) is 6.30. The lowest BCUT2D eigenvalue weighted by molar-refractivity contribution is -0.134. The van der Waals surface area contributed by atoms with Crippen LogP contribution in [0.2, 0.25) is 10.0 Å². The minimum absolute atomic E-state index is 0.0478. The molecule has 0 radical (unpaired) electrons. The second-order valence-corrected chi connectivity index (χ2v) is 8.42. The molecule has 2 amide bonds. The molecule has 3 aromatic rings. The number of fused-ring (bicyclic) bond motifs is 1. The summed E-state index contributed by atoms with van der Waals surface area (Å²) in [5.74, 6) is -0.392. The lowest BCUT2D eigenvalue weighted by Crippen LogP contribution is -2.51. The molecule has 0 aliphatic carbocycles. The van der Waals surface area contributed by atoms with Gasteiger partial charge in [0.05, 0.1) is 10.0 Å². The zero-order chi connectivity index (χ0) is 21.1. The highest BCUT2D eigenvalue weighted by molar-refractivity contribution is 6.42. The maximum atomic E-state index is 13.3. The Hall–Kier alpha value is -2.50. The lowest BCUT2D eigenvalue weighted by Gasteiger charge is -2.31. The number of H-pyrrole nitrogens is 1. The van der Waals surface area contributed by atoms with Crippen molar-refractivity contribution in [2.75, 3.05) is 13.1 Å². The number of likely N-dealkylation sites (tertiary alicyclic amines) is 1. The van der Waals surface area contributed by atoms with Crippen molar-refractivity contribution in [1.29, 1.82) is 0 Å². The number of amides is 2. The van der Waals surface area contributed by atoms with E-state index in [0.717, 1.165) is 48.8 Å². The molecular weight excluding hydrogens is 421 g/mol. The average molecular weight is 444 g/mol. The second-order valence-electron chi connectivity index (χ2n) is 7.60. The van der Waals surface area contributed by atoms with Gasteiger partial charge in [-0.05, 0) is 49.1 Å². The molecule has 30 heavy (non-hydrogen) atoms. The standard InChI is InChI=1S/C23H23Cl2N3O2/c24-18-9-8-15(12-19(18)25)22(29)27-21(23(30)28-10-4-1-5-11-28)13-16-14-26-20-7-3-2-6-17(16)20/h2-3,6-9,12,14,21,26H,1,4-5,10-11,13H2,(H,27,29). The maximum Gasteiger partial charge on any atom is 0.251 e. The van der Waals surface area contributed by atoms with Gasteiger partial charge >= 0.3 is 0 Å². The zero-order valence-electron chi connectivity index (χ0n) is 16.5. The zero-order valence-corrected chi connectivity index (χ0v) is 18.0. The molecule has 1 aliphatic rings. The summed E-state index contributed by atoms with van der Waals surface area (Å²) in [6, 6.07) is 12.0.